The maximum absolute atomic E-state index is 12.6. The van der Waals surface area contributed by atoms with Gasteiger partial charge in [-0.1, -0.05) is 38.5 Å². The van der Waals surface area contributed by atoms with E-state index in [2.05, 4.69) is 44.8 Å². The lowest BCUT2D eigenvalue weighted by Crippen LogP contribution is -2.62. The zero-order valence-electron chi connectivity index (χ0n) is 22.2. The Kier molecular flexibility index (Phi) is 7.79. The van der Waals surface area contributed by atoms with Crippen LogP contribution in [0.15, 0.2) is 24.3 Å². The minimum atomic E-state index is -1.45. The molecule has 8 heteroatoms. The number of ether oxygens (including phenoxy) is 2. The van der Waals surface area contributed by atoms with E-state index in [1.807, 2.05) is 0 Å². The Morgan fingerprint density at radius 1 is 1.22 bits per heavy atom. The van der Waals surface area contributed by atoms with Gasteiger partial charge in [-0.3, -0.25) is 4.79 Å². The highest BCUT2D eigenvalue weighted by atomic mass is 16.7. The van der Waals surface area contributed by atoms with Gasteiger partial charge in [0.1, 0.15) is 18.1 Å². The first-order chi connectivity index (χ1) is 16.9. The highest BCUT2D eigenvalue weighted by Gasteiger charge is 2.59. The van der Waals surface area contributed by atoms with Crippen LogP contribution in [-0.4, -0.2) is 77.3 Å². The Balaban J connectivity index is 1.58. The summed E-state index contributed by atoms with van der Waals surface area (Å²) in [4.78, 5) is 12.6. The molecular weight excluding hydrogens is 462 g/mol. The molecule has 11 unspecified atom stereocenters. The number of rotatable bonds is 6. The molecule has 0 aromatic heterocycles. The van der Waals surface area contributed by atoms with E-state index in [-0.39, 0.29) is 23.4 Å². The van der Waals surface area contributed by atoms with E-state index in [1.165, 1.54) is 12.6 Å². The number of amides is 1. The zero-order chi connectivity index (χ0) is 26.5. The van der Waals surface area contributed by atoms with Crippen molar-refractivity contribution in [3.05, 3.63) is 24.3 Å². The molecule has 2 saturated carbocycles. The number of allylic oxidation sites excluding steroid dienone is 3. The molecule has 1 aliphatic heterocycles. The third-order valence-corrected chi connectivity index (χ3v) is 10.3. The molecule has 0 radical (unpaired) electrons. The van der Waals surface area contributed by atoms with Crippen molar-refractivity contribution < 1.29 is 34.7 Å². The molecule has 4 aliphatic rings. The zero-order valence-corrected chi connectivity index (χ0v) is 22.2. The first-order valence-corrected chi connectivity index (χ1v) is 13.4. The van der Waals surface area contributed by atoms with Crippen LogP contribution in [0.1, 0.15) is 59.3 Å². The van der Waals surface area contributed by atoms with Crippen molar-refractivity contribution in [2.24, 2.45) is 34.0 Å². The lowest BCUT2D eigenvalue weighted by molar-refractivity contribution is -0.294. The van der Waals surface area contributed by atoms with Gasteiger partial charge in [-0.2, -0.15) is 0 Å². The third kappa shape index (κ3) is 4.48. The second-order valence-electron chi connectivity index (χ2n) is 12.4. The Labute approximate surface area is 214 Å². The van der Waals surface area contributed by atoms with Gasteiger partial charge in [-0.05, 0) is 61.2 Å². The first-order valence-electron chi connectivity index (χ1n) is 13.4. The molecule has 204 valence electrons. The largest absolute Gasteiger partial charge is 0.394 e. The Morgan fingerprint density at radius 3 is 2.58 bits per heavy atom. The van der Waals surface area contributed by atoms with Gasteiger partial charge in [-0.15, -0.1) is 6.58 Å². The number of hydrogen-bond donors (Lipinski definition) is 5. The summed E-state index contributed by atoms with van der Waals surface area (Å²) in [7, 11) is 1.45. The van der Waals surface area contributed by atoms with Crippen molar-refractivity contribution in [2.75, 3.05) is 20.3 Å². The molecule has 1 saturated heterocycles. The average Bonchev–Trinajstić information content (AvgIpc) is 2.86. The molecule has 4 rings (SSSR count). The SMILES string of the molecule is C=CC1(C)CCC2C(=CCC3C(C)(COC4OC(CO)C(O)C(O)C4C(=O)NC)C(O)CCC23C)C1. The number of hydrogen-bond acceptors (Lipinski definition) is 7. The van der Waals surface area contributed by atoms with Crippen LogP contribution in [0.25, 0.3) is 0 Å². The summed E-state index contributed by atoms with van der Waals surface area (Å²) < 4.78 is 12.0. The third-order valence-electron chi connectivity index (χ3n) is 10.3. The van der Waals surface area contributed by atoms with Crippen molar-refractivity contribution in [1.29, 1.82) is 0 Å². The van der Waals surface area contributed by atoms with E-state index in [9.17, 15) is 25.2 Å². The van der Waals surface area contributed by atoms with Gasteiger partial charge in [0.05, 0.1) is 25.4 Å². The smallest absolute Gasteiger partial charge is 0.230 e. The van der Waals surface area contributed by atoms with Crippen molar-refractivity contribution in [1.82, 2.24) is 5.32 Å². The van der Waals surface area contributed by atoms with Gasteiger partial charge in [-0.25, -0.2) is 0 Å². The predicted octanol–water partition coefficient (Wildman–Crippen LogP) is 1.91. The van der Waals surface area contributed by atoms with Crippen LogP contribution in [0.5, 0.6) is 0 Å². The Bertz CT molecular complexity index is 878. The minimum absolute atomic E-state index is 0.0148. The molecule has 36 heavy (non-hydrogen) atoms. The van der Waals surface area contributed by atoms with E-state index in [1.54, 1.807) is 0 Å². The van der Waals surface area contributed by atoms with Gasteiger partial charge < -0.3 is 35.2 Å². The maximum atomic E-state index is 12.6. The summed E-state index contributed by atoms with van der Waals surface area (Å²) in [6.45, 7) is 10.4. The summed E-state index contributed by atoms with van der Waals surface area (Å²) in [6.07, 6.45) is 4.49. The van der Waals surface area contributed by atoms with E-state index in [0.29, 0.717) is 12.3 Å². The molecule has 0 aromatic rings. The van der Waals surface area contributed by atoms with Crippen LogP contribution >= 0.6 is 0 Å². The fraction of sp³-hybridized carbons (Fsp3) is 0.821. The standard InChI is InChI=1S/C28H45NO7/c1-6-26(2)11-9-17-16(13-26)7-8-19-27(17,3)12-10-20(31)28(19,4)15-35-25-21(24(34)29-5)23(33)22(32)18(14-30)36-25/h6-7,17-23,25,30-33H,1,8-15H2,2-5H3,(H,29,34). The number of aliphatic hydroxyl groups excluding tert-OH is 4. The molecule has 11 atom stereocenters. The molecular formula is C28H45NO7. The molecule has 1 amide bonds. The lowest BCUT2D eigenvalue weighted by Gasteiger charge is -2.61. The van der Waals surface area contributed by atoms with E-state index >= 15 is 0 Å². The number of carbonyl (C=O) groups excluding carboxylic acids is 1. The highest BCUT2D eigenvalue weighted by molar-refractivity contribution is 5.79. The van der Waals surface area contributed by atoms with Crippen molar-refractivity contribution in [2.45, 2.75) is 90.0 Å². The van der Waals surface area contributed by atoms with Crippen LogP contribution in [-0.2, 0) is 14.3 Å². The molecule has 1 heterocycles. The Hall–Kier alpha value is -1.29. The minimum Gasteiger partial charge on any atom is -0.394 e. The van der Waals surface area contributed by atoms with Gasteiger partial charge in [0.25, 0.3) is 0 Å². The number of carbonyl (C=O) groups is 1. The number of nitrogens with one attached hydrogen (secondary N) is 1. The fourth-order valence-corrected chi connectivity index (χ4v) is 7.77. The lowest BCUT2D eigenvalue weighted by atomic mass is 9.45. The van der Waals surface area contributed by atoms with Crippen LogP contribution in [0.3, 0.4) is 0 Å². The summed E-state index contributed by atoms with van der Waals surface area (Å²) in [5.41, 5.74) is 1.07. The van der Waals surface area contributed by atoms with Gasteiger partial charge in [0.15, 0.2) is 6.29 Å². The van der Waals surface area contributed by atoms with Gasteiger partial charge in [0, 0.05) is 12.5 Å². The maximum Gasteiger partial charge on any atom is 0.230 e. The normalized spacial score (nSPS) is 48.8. The second-order valence-corrected chi connectivity index (χ2v) is 12.4. The molecule has 3 fully saturated rings. The Morgan fingerprint density at radius 2 is 1.94 bits per heavy atom. The quantitative estimate of drug-likeness (QED) is 0.348. The topological polar surface area (TPSA) is 128 Å². The molecule has 3 aliphatic carbocycles. The molecule has 0 bridgehead atoms. The first kappa shape index (κ1) is 27.7. The monoisotopic (exact) mass is 507 g/mol. The number of aliphatic hydroxyl groups is 4. The van der Waals surface area contributed by atoms with Crippen LogP contribution in [0.2, 0.25) is 0 Å². The summed E-state index contributed by atoms with van der Waals surface area (Å²) in [5, 5.41) is 44.4. The van der Waals surface area contributed by atoms with Crippen LogP contribution < -0.4 is 5.32 Å². The van der Waals surface area contributed by atoms with Gasteiger partial charge >= 0.3 is 0 Å². The summed E-state index contributed by atoms with van der Waals surface area (Å²) >= 11 is 0. The van der Waals surface area contributed by atoms with Crippen molar-refractivity contribution >= 4 is 5.91 Å². The second kappa shape index (κ2) is 10.1. The fourth-order valence-electron chi connectivity index (χ4n) is 7.77. The van der Waals surface area contributed by atoms with Crippen LogP contribution in [0, 0.1) is 34.0 Å². The number of fused-ring (bicyclic) bond motifs is 3. The van der Waals surface area contributed by atoms with E-state index in [4.69, 9.17) is 9.47 Å². The summed E-state index contributed by atoms with van der Waals surface area (Å²) in [5.74, 6) is -1.05. The summed E-state index contributed by atoms with van der Waals surface area (Å²) in [6, 6.07) is 0. The highest BCUT2D eigenvalue weighted by Crippen LogP contribution is 2.63. The van der Waals surface area contributed by atoms with Crippen molar-refractivity contribution in [3.8, 4) is 0 Å². The molecule has 0 aromatic carbocycles. The van der Waals surface area contributed by atoms with E-state index in [0.717, 1.165) is 32.1 Å². The molecule has 0 spiro atoms. The predicted molar refractivity (Wildman–Crippen MR) is 135 cm³/mol. The molecule has 8 nitrogen and oxygen atoms in total. The van der Waals surface area contributed by atoms with Crippen LogP contribution in [0.4, 0.5) is 0 Å². The van der Waals surface area contributed by atoms with E-state index < -0.39 is 54.6 Å². The van der Waals surface area contributed by atoms with Gasteiger partial charge in [0.2, 0.25) is 5.91 Å². The van der Waals surface area contributed by atoms with Crippen molar-refractivity contribution in [3.63, 3.8) is 0 Å². The average molecular weight is 508 g/mol. The molecule has 5 N–H and O–H groups in total.